The largest absolute Gasteiger partial charge is 0.494 e. The summed E-state index contributed by atoms with van der Waals surface area (Å²) in [4.78, 5) is 0. The number of rotatable bonds is 2. The standard InChI is InChI=1S/C17H21BN2O2/c1-12-10-11-19-20-15(12)13-6-8-14(9-7-13)18-21-16(2,3)17(4,5)22-18/h6-11H,1-5H3. The topological polar surface area (TPSA) is 44.2 Å². The van der Waals surface area contributed by atoms with E-state index in [-0.39, 0.29) is 18.3 Å². The van der Waals surface area contributed by atoms with Gasteiger partial charge in [0.15, 0.2) is 0 Å². The molecular formula is C17H21BN2O2. The lowest BCUT2D eigenvalue weighted by atomic mass is 9.78. The van der Waals surface area contributed by atoms with Crippen LogP contribution in [0, 0.1) is 6.92 Å². The number of nitrogens with zero attached hydrogens (tertiary/aromatic N) is 2. The van der Waals surface area contributed by atoms with Crippen molar-refractivity contribution < 1.29 is 9.31 Å². The van der Waals surface area contributed by atoms with E-state index in [1.54, 1.807) is 6.20 Å². The van der Waals surface area contributed by atoms with E-state index in [9.17, 15) is 0 Å². The SMILES string of the molecule is Cc1ccnnc1-c1ccc(B2OC(C)(C)C(C)(C)O2)cc1. The molecular weight excluding hydrogens is 275 g/mol. The second-order valence-corrected chi connectivity index (χ2v) is 6.77. The van der Waals surface area contributed by atoms with Gasteiger partial charge in [-0.3, -0.25) is 0 Å². The van der Waals surface area contributed by atoms with Crippen LogP contribution in [0.4, 0.5) is 0 Å². The lowest BCUT2D eigenvalue weighted by Gasteiger charge is -2.32. The molecule has 0 amide bonds. The van der Waals surface area contributed by atoms with Gasteiger partial charge < -0.3 is 9.31 Å². The van der Waals surface area contributed by atoms with Crippen LogP contribution >= 0.6 is 0 Å². The van der Waals surface area contributed by atoms with Gasteiger partial charge >= 0.3 is 7.12 Å². The Morgan fingerprint density at radius 1 is 0.909 bits per heavy atom. The Bertz CT molecular complexity index is 667. The maximum Gasteiger partial charge on any atom is 0.494 e. The molecule has 22 heavy (non-hydrogen) atoms. The summed E-state index contributed by atoms with van der Waals surface area (Å²) in [6.07, 6.45) is 1.71. The van der Waals surface area contributed by atoms with Crippen LogP contribution in [0.25, 0.3) is 11.3 Å². The molecule has 1 saturated heterocycles. The first kappa shape index (κ1) is 15.2. The smallest absolute Gasteiger partial charge is 0.399 e. The summed E-state index contributed by atoms with van der Waals surface area (Å²) in [5.74, 6) is 0. The maximum atomic E-state index is 6.07. The van der Waals surface area contributed by atoms with Gasteiger partial charge in [0.05, 0.1) is 16.9 Å². The van der Waals surface area contributed by atoms with E-state index in [4.69, 9.17) is 9.31 Å². The first-order chi connectivity index (χ1) is 10.3. The summed E-state index contributed by atoms with van der Waals surface area (Å²) in [5.41, 5.74) is 3.44. The molecule has 1 aromatic heterocycles. The highest BCUT2D eigenvalue weighted by atomic mass is 16.7. The second kappa shape index (κ2) is 5.18. The Kier molecular flexibility index (Phi) is 3.58. The summed E-state index contributed by atoms with van der Waals surface area (Å²) in [6.45, 7) is 10.3. The van der Waals surface area contributed by atoms with Gasteiger partial charge in [-0.05, 0) is 51.7 Å². The van der Waals surface area contributed by atoms with Crippen molar-refractivity contribution in [1.82, 2.24) is 10.2 Å². The molecule has 1 aliphatic heterocycles. The average molecular weight is 296 g/mol. The van der Waals surface area contributed by atoms with Crippen molar-refractivity contribution >= 4 is 12.6 Å². The lowest BCUT2D eigenvalue weighted by Crippen LogP contribution is -2.41. The van der Waals surface area contributed by atoms with Crippen molar-refractivity contribution in [3.05, 3.63) is 42.1 Å². The van der Waals surface area contributed by atoms with Gasteiger partial charge in [0, 0.05) is 11.8 Å². The van der Waals surface area contributed by atoms with E-state index in [1.807, 2.05) is 37.3 Å². The van der Waals surface area contributed by atoms with Crippen LogP contribution < -0.4 is 5.46 Å². The van der Waals surface area contributed by atoms with E-state index in [1.165, 1.54) is 0 Å². The minimum Gasteiger partial charge on any atom is -0.399 e. The predicted molar refractivity (Wildman–Crippen MR) is 87.9 cm³/mol. The summed E-state index contributed by atoms with van der Waals surface area (Å²) < 4.78 is 12.1. The maximum absolute atomic E-state index is 6.07. The second-order valence-electron chi connectivity index (χ2n) is 6.77. The van der Waals surface area contributed by atoms with E-state index >= 15 is 0 Å². The van der Waals surface area contributed by atoms with Crippen LogP contribution in [0.3, 0.4) is 0 Å². The zero-order chi connectivity index (χ0) is 16.0. The first-order valence-electron chi connectivity index (χ1n) is 7.54. The third-order valence-electron chi connectivity index (χ3n) is 4.63. The zero-order valence-electron chi connectivity index (χ0n) is 13.8. The molecule has 3 rings (SSSR count). The minimum atomic E-state index is -0.331. The molecule has 4 nitrogen and oxygen atoms in total. The molecule has 2 heterocycles. The predicted octanol–water partition coefficient (Wildman–Crippen LogP) is 2.75. The Labute approximate surface area is 132 Å². The van der Waals surface area contributed by atoms with Gasteiger partial charge in [0.1, 0.15) is 0 Å². The van der Waals surface area contributed by atoms with Gasteiger partial charge in [-0.15, -0.1) is 0 Å². The average Bonchev–Trinajstić information content (AvgIpc) is 2.68. The molecule has 2 aromatic rings. The van der Waals surface area contributed by atoms with Crippen LogP contribution in [0.15, 0.2) is 36.5 Å². The van der Waals surface area contributed by atoms with Gasteiger partial charge in [-0.1, -0.05) is 24.3 Å². The van der Waals surface area contributed by atoms with Crippen molar-refractivity contribution in [3.8, 4) is 11.3 Å². The fourth-order valence-electron chi connectivity index (χ4n) is 2.46. The Morgan fingerprint density at radius 2 is 1.50 bits per heavy atom. The van der Waals surface area contributed by atoms with Crippen molar-refractivity contribution in [1.29, 1.82) is 0 Å². The summed E-state index contributed by atoms with van der Waals surface area (Å²) >= 11 is 0. The quantitative estimate of drug-likeness (QED) is 0.799. The van der Waals surface area contributed by atoms with E-state index < -0.39 is 0 Å². The highest BCUT2D eigenvalue weighted by molar-refractivity contribution is 6.62. The van der Waals surface area contributed by atoms with E-state index in [0.717, 1.165) is 22.3 Å². The van der Waals surface area contributed by atoms with Crippen molar-refractivity contribution in [2.45, 2.75) is 45.8 Å². The van der Waals surface area contributed by atoms with Gasteiger partial charge in [0.25, 0.3) is 0 Å². The molecule has 0 atom stereocenters. The molecule has 0 spiro atoms. The van der Waals surface area contributed by atoms with Crippen LogP contribution in [0.5, 0.6) is 0 Å². The zero-order valence-corrected chi connectivity index (χ0v) is 13.8. The molecule has 5 heteroatoms. The molecule has 1 fully saturated rings. The van der Waals surface area contributed by atoms with Crippen molar-refractivity contribution in [3.63, 3.8) is 0 Å². The van der Waals surface area contributed by atoms with Gasteiger partial charge in [-0.2, -0.15) is 10.2 Å². The van der Waals surface area contributed by atoms with Gasteiger partial charge in [-0.25, -0.2) is 0 Å². The van der Waals surface area contributed by atoms with Crippen molar-refractivity contribution in [2.75, 3.05) is 0 Å². The number of benzene rings is 1. The molecule has 0 radical (unpaired) electrons. The fraction of sp³-hybridized carbons (Fsp3) is 0.412. The minimum absolute atomic E-state index is 0.322. The summed E-state index contributed by atoms with van der Waals surface area (Å²) in [5, 5.41) is 8.17. The molecule has 114 valence electrons. The normalized spacial score (nSPS) is 19.4. The number of aryl methyl sites for hydroxylation is 1. The molecule has 0 bridgehead atoms. The third-order valence-corrected chi connectivity index (χ3v) is 4.63. The van der Waals surface area contributed by atoms with Crippen LogP contribution in [0.2, 0.25) is 0 Å². The molecule has 1 aliphatic rings. The Morgan fingerprint density at radius 3 is 2.05 bits per heavy atom. The van der Waals surface area contributed by atoms with Crippen molar-refractivity contribution in [2.24, 2.45) is 0 Å². The summed E-state index contributed by atoms with van der Waals surface area (Å²) in [6, 6.07) is 10.1. The molecule has 0 saturated carbocycles. The highest BCUT2D eigenvalue weighted by Crippen LogP contribution is 2.36. The Balaban J connectivity index is 1.86. The highest BCUT2D eigenvalue weighted by Gasteiger charge is 2.51. The number of hydrogen-bond acceptors (Lipinski definition) is 4. The third kappa shape index (κ3) is 2.55. The van der Waals surface area contributed by atoms with Crippen LogP contribution in [-0.2, 0) is 9.31 Å². The monoisotopic (exact) mass is 296 g/mol. The fourth-order valence-corrected chi connectivity index (χ4v) is 2.46. The Hall–Kier alpha value is -1.72. The van der Waals surface area contributed by atoms with E-state index in [0.29, 0.717) is 0 Å². The molecule has 0 aliphatic carbocycles. The van der Waals surface area contributed by atoms with Gasteiger partial charge in [0.2, 0.25) is 0 Å². The molecule has 0 unspecified atom stereocenters. The number of hydrogen-bond donors (Lipinski definition) is 0. The first-order valence-corrected chi connectivity index (χ1v) is 7.54. The molecule has 1 aromatic carbocycles. The molecule has 0 N–H and O–H groups in total. The lowest BCUT2D eigenvalue weighted by molar-refractivity contribution is 0.00578. The van der Waals surface area contributed by atoms with E-state index in [2.05, 4.69) is 37.9 Å². The van der Waals surface area contributed by atoms with Crippen LogP contribution in [0.1, 0.15) is 33.3 Å². The summed E-state index contributed by atoms with van der Waals surface area (Å²) in [7, 11) is -0.331. The number of aromatic nitrogens is 2. The van der Waals surface area contributed by atoms with Crippen LogP contribution in [-0.4, -0.2) is 28.5 Å².